The van der Waals surface area contributed by atoms with Gasteiger partial charge in [0.05, 0.1) is 11.8 Å². The van der Waals surface area contributed by atoms with Gasteiger partial charge in [-0.05, 0) is 44.5 Å². The van der Waals surface area contributed by atoms with Crippen LogP contribution in [0, 0.1) is 6.92 Å². The van der Waals surface area contributed by atoms with E-state index in [2.05, 4.69) is 20.4 Å². The van der Waals surface area contributed by atoms with Gasteiger partial charge in [0, 0.05) is 12.1 Å². The molecule has 1 N–H and O–H groups in total. The van der Waals surface area contributed by atoms with Crippen LogP contribution in [0.1, 0.15) is 41.3 Å². The van der Waals surface area contributed by atoms with Crippen LogP contribution in [0.3, 0.4) is 0 Å². The van der Waals surface area contributed by atoms with Crippen LogP contribution in [0.25, 0.3) is 17.0 Å². The summed E-state index contributed by atoms with van der Waals surface area (Å²) in [6.07, 6.45) is -4.68. The topological polar surface area (TPSA) is 81.4 Å². The molecule has 34 heavy (non-hydrogen) atoms. The van der Waals surface area contributed by atoms with Gasteiger partial charge in [-0.2, -0.15) is 22.7 Å². The summed E-state index contributed by atoms with van der Waals surface area (Å²) in [4.78, 5) is 20.7. The largest absolute Gasteiger partial charge is 0.491 e. The van der Waals surface area contributed by atoms with Crippen LogP contribution in [0.4, 0.5) is 13.2 Å². The van der Waals surface area contributed by atoms with Crippen molar-refractivity contribution in [2.24, 2.45) is 0 Å². The van der Waals surface area contributed by atoms with Crippen molar-refractivity contribution < 1.29 is 22.7 Å². The Labute approximate surface area is 193 Å². The maximum absolute atomic E-state index is 13.7. The molecule has 2 heterocycles. The number of fused-ring (bicyclic) bond motifs is 1. The van der Waals surface area contributed by atoms with E-state index < -0.39 is 23.6 Å². The van der Waals surface area contributed by atoms with Gasteiger partial charge >= 0.3 is 6.18 Å². The number of hydrogen-bond donors (Lipinski definition) is 1. The molecule has 0 spiro atoms. The number of aromatic nitrogens is 4. The number of hydrogen-bond acceptors (Lipinski definition) is 5. The van der Waals surface area contributed by atoms with Crippen molar-refractivity contribution >= 4 is 11.7 Å². The van der Waals surface area contributed by atoms with Gasteiger partial charge in [-0.15, -0.1) is 5.10 Å². The van der Waals surface area contributed by atoms with Gasteiger partial charge in [0.25, 0.3) is 11.7 Å². The third-order valence-electron chi connectivity index (χ3n) is 4.90. The lowest BCUT2D eigenvalue weighted by atomic mass is 10.1. The minimum absolute atomic E-state index is 0.0356. The highest BCUT2D eigenvalue weighted by Gasteiger charge is 2.36. The molecule has 0 saturated carbocycles. The molecule has 176 valence electrons. The molecule has 1 amide bonds. The number of halogens is 3. The molecule has 2 aromatic heterocycles. The highest BCUT2D eigenvalue weighted by Crippen LogP contribution is 2.32. The number of nitrogens with one attached hydrogen (secondary N) is 1. The number of benzene rings is 2. The third kappa shape index (κ3) is 5.16. The fraction of sp³-hybridized carbons (Fsp3) is 0.250. The molecule has 4 rings (SSSR count). The zero-order valence-corrected chi connectivity index (χ0v) is 18.7. The van der Waals surface area contributed by atoms with Crippen molar-refractivity contribution in [2.75, 3.05) is 0 Å². The normalized spacial score (nSPS) is 11.7. The van der Waals surface area contributed by atoms with E-state index in [4.69, 9.17) is 4.74 Å². The number of rotatable bonds is 6. The number of carbonyl (C=O) groups excluding carboxylic acids is 1. The smallest absolute Gasteiger partial charge is 0.433 e. The first-order valence-electron chi connectivity index (χ1n) is 10.6. The van der Waals surface area contributed by atoms with Gasteiger partial charge < -0.3 is 10.1 Å². The molecule has 10 heteroatoms. The van der Waals surface area contributed by atoms with Gasteiger partial charge in [0.15, 0.2) is 5.69 Å². The lowest BCUT2D eigenvalue weighted by Crippen LogP contribution is -2.24. The summed E-state index contributed by atoms with van der Waals surface area (Å²) in [6, 6.07) is 14.9. The third-order valence-corrected chi connectivity index (χ3v) is 4.90. The standard InChI is InChI=1S/C24H22F3N5O2/c1-14(2)34-18-10-6-16(7-11-18)13-28-22(33)21-30-23-29-19(17-8-4-15(3)5-9-17)12-20(24(25,26)27)32(23)31-21/h4-12,14H,13H2,1-3H3,(H,28,33). The molecule has 0 aliphatic rings. The quantitative estimate of drug-likeness (QED) is 0.437. The average molecular weight is 469 g/mol. The Balaban J connectivity index is 1.59. The molecule has 0 aliphatic heterocycles. The van der Waals surface area contributed by atoms with Crippen LogP contribution in [0.2, 0.25) is 0 Å². The SMILES string of the molecule is Cc1ccc(-c2cc(C(F)(F)F)n3nc(C(=O)NCc4ccc(OC(C)C)cc4)nc3n2)cc1. The summed E-state index contributed by atoms with van der Waals surface area (Å²) >= 11 is 0. The second kappa shape index (κ2) is 9.12. The summed E-state index contributed by atoms with van der Waals surface area (Å²) < 4.78 is 47.3. The van der Waals surface area contributed by atoms with E-state index in [1.165, 1.54) is 0 Å². The number of aryl methyl sites for hydroxylation is 1. The fourth-order valence-corrected chi connectivity index (χ4v) is 3.26. The maximum atomic E-state index is 13.7. The first-order valence-corrected chi connectivity index (χ1v) is 10.6. The van der Waals surface area contributed by atoms with Gasteiger partial charge in [-0.1, -0.05) is 42.0 Å². The van der Waals surface area contributed by atoms with E-state index in [0.29, 0.717) is 15.8 Å². The molecule has 0 aliphatic carbocycles. The van der Waals surface area contributed by atoms with Crippen LogP contribution >= 0.6 is 0 Å². The second-order valence-corrected chi connectivity index (χ2v) is 8.03. The number of carbonyl (C=O) groups is 1. The van der Waals surface area contributed by atoms with E-state index in [1.54, 1.807) is 48.5 Å². The van der Waals surface area contributed by atoms with Crippen LogP contribution in [-0.2, 0) is 12.7 Å². The molecule has 0 radical (unpaired) electrons. The van der Waals surface area contributed by atoms with Crippen molar-refractivity contribution in [1.82, 2.24) is 24.9 Å². The maximum Gasteiger partial charge on any atom is 0.433 e. The summed E-state index contributed by atoms with van der Waals surface area (Å²) in [5.74, 6) is -0.732. The van der Waals surface area contributed by atoms with E-state index in [0.717, 1.165) is 17.2 Å². The minimum atomic E-state index is -4.72. The van der Waals surface area contributed by atoms with Crippen LogP contribution in [0.5, 0.6) is 5.75 Å². The van der Waals surface area contributed by atoms with Crippen molar-refractivity contribution in [1.29, 1.82) is 0 Å². The van der Waals surface area contributed by atoms with Gasteiger partial charge in [-0.25, -0.2) is 4.98 Å². The van der Waals surface area contributed by atoms with E-state index in [-0.39, 0.29) is 24.1 Å². The van der Waals surface area contributed by atoms with Crippen molar-refractivity contribution in [2.45, 2.75) is 39.6 Å². The fourth-order valence-electron chi connectivity index (χ4n) is 3.26. The van der Waals surface area contributed by atoms with Crippen LogP contribution in [0.15, 0.2) is 54.6 Å². The molecular formula is C24H22F3N5O2. The number of alkyl halides is 3. The van der Waals surface area contributed by atoms with E-state index in [9.17, 15) is 18.0 Å². The first-order chi connectivity index (χ1) is 16.1. The highest BCUT2D eigenvalue weighted by molar-refractivity contribution is 5.90. The zero-order valence-electron chi connectivity index (χ0n) is 18.7. The summed E-state index contributed by atoms with van der Waals surface area (Å²) in [6.45, 7) is 5.85. The molecule has 7 nitrogen and oxygen atoms in total. The lowest BCUT2D eigenvalue weighted by Gasteiger charge is -2.10. The molecule has 2 aromatic carbocycles. The Bertz CT molecular complexity index is 1310. The van der Waals surface area contributed by atoms with Crippen molar-refractivity contribution in [3.8, 4) is 17.0 Å². The lowest BCUT2D eigenvalue weighted by molar-refractivity contribution is -0.142. The Kier molecular flexibility index (Phi) is 6.23. The summed E-state index contributed by atoms with van der Waals surface area (Å²) in [7, 11) is 0. The molecule has 0 unspecified atom stereocenters. The minimum Gasteiger partial charge on any atom is -0.491 e. The van der Waals surface area contributed by atoms with Gasteiger partial charge in [0.2, 0.25) is 5.82 Å². The monoisotopic (exact) mass is 469 g/mol. The highest BCUT2D eigenvalue weighted by atomic mass is 19.4. The number of ether oxygens (including phenoxy) is 1. The number of nitrogens with zero attached hydrogens (tertiary/aromatic N) is 4. The second-order valence-electron chi connectivity index (χ2n) is 8.03. The summed E-state index contributed by atoms with van der Waals surface area (Å²) in [5, 5.41) is 6.40. The Morgan fingerprint density at radius 2 is 1.74 bits per heavy atom. The Morgan fingerprint density at radius 1 is 1.06 bits per heavy atom. The molecular weight excluding hydrogens is 447 g/mol. The Hall–Kier alpha value is -3.95. The van der Waals surface area contributed by atoms with Crippen LogP contribution in [-0.4, -0.2) is 31.6 Å². The molecule has 0 saturated heterocycles. The molecule has 0 fully saturated rings. The van der Waals surface area contributed by atoms with Crippen molar-refractivity contribution in [3.05, 3.63) is 77.2 Å². The zero-order chi connectivity index (χ0) is 24.5. The van der Waals surface area contributed by atoms with Crippen molar-refractivity contribution in [3.63, 3.8) is 0 Å². The van der Waals surface area contributed by atoms with E-state index in [1.807, 2.05) is 20.8 Å². The van der Waals surface area contributed by atoms with Crippen LogP contribution < -0.4 is 10.1 Å². The predicted octanol–water partition coefficient (Wildman–Crippen LogP) is 4.84. The number of amides is 1. The molecule has 0 bridgehead atoms. The Morgan fingerprint density at radius 3 is 2.35 bits per heavy atom. The average Bonchev–Trinajstić information content (AvgIpc) is 3.21. The first kappa shape index (κ1) is 23.2. The predicted molar refractivity (Wildman–Crippen MR) is 119 cm³/mol. The molecule has 4 aromatic rings. The summed E-state index contributed by atoms with van der Waals surface area (Å²) in [5.41, 5.74) is 1.26. The molecule has 0 atom stereocenters. The van der Waals surface area contributed by atoms with Gasteiger partial charge in [-0.3, -0.25) is 4.79 Å². The van der Waals surface area contributed by atoms with E-state index >= 15 is 0 Å². The van der Waals surface area contributed by atoms with Gasteiger partial charge in [0.1, 0.15) is 5.75 Å².